The van der Waals surface area contributed by atoms with E-state index in [4.69, 9.17) is 10.5 Å². The number of carbonyl (C=O) groups is 1. The molecular formula is C19H23NO2. The van der Waals surface area contributed by atoms with Gasteiger partial charge in [0.05, 0.1) is 6.61 Å². The highest BCUT2D eigenvalue weighted by Gasteiger charge is 2.14. The molecule has 0 aliphatic heterocycles. The fourth-order valence-corrected chi connectivity index (χ4v) is 2.34. The molecule has 0 saturated carbocycles. The summed E-state index contributed by atoms with van der Waals surface area (Å²) in [4.78, 5) is 11.6. The second-order valence-electron chi connectivity index (χ2n) is 5.56. The first-order chi connectivity index (χ1) is 10.5. The van der Waals surface area contributed by atoms with Crippen molar-refractivity contribution in [3.05, 3.63) is 59.2 Å². The van der Waals surface area contributed by atoms with Crippen molar-refractivity contribution in [3.63, 3.8) is 0 Å². The minimum atomic E-state index is -0.604. The van der Waals surface area contributed by atoms with Crippen molar-refractivity contribution in [2.24, 2.45) is 5.73 Å². The lowest BCUT2D eigenvalue weighted by molar-refractivity contribution is -0.144. The Bertz CT molecular complexity index is 647. The highest BCUT2D eigenvalue weighted by molar-refractivity contribution is 5.76. The summed E-state index contributed by atoms with van der Waals surface area (Å²) in [7, 11) is 0. The third kappa shape index (κ3) is 3.95. The molecule has 0 aliphatic rings. The molecule has 3 nitrogen and oxygen atoms in total. The first-order valence-electron chi connectivity index (χ1n) is 7.60. The van der Waals surface area contributed by atoms with E-state index < -0.39 is 6.04 Å². The lowest BCUT2D eigenvalue weighted by atomic mass is 9.98. The summed E-state index contributed by atoms with van der Waals surface area (Å²) >= 11 is 0. The van der Waals surface area contributed by atoms with Crippen molar-refractivity contribution in [1.82, 2.24) is 0 Å². The van der Waals surface area contributed by atoms with Crippen LogP contribution in [0.2, 0.25) is 0 Å². The van der Waals surface area contributed by atoms with E-state index >= 15 is 0 Å². The zero-order valence-electron chi connectivity index (χ0n) is 13.4. The highest BCUT2D eigenvalue weighted by Crippen LogP contribution is 2.22. The molecule has 2 aromatic rings. The average Bonchev–Trinajstić information content (AvgIpc) is 2.51. The van der Waals surface area contributed by atoms with E-state index in [1.807, 2.05) is 12.1 Å². The van der Waals surface area contributed by atoms with Crippen LogP contribution in [0.15, 0.2) is 42.5 Å². The van der Waals surface area contributed by atoms with Crippen LogP contribution in [0.3, 0.4) is 0 Å². The summed E-state index contributed by atoms with van der Waals surface area (Å²) < 4.78 is 4.93. The number of aryl methyl sites for hydroxylation is 2. The number of ether oxygens (including phenoxy) is 1. The summed E-state index contributed by atoms with van der Waals surface area (Å²) in [6.45, 7) is 6.37. The van der Waals surface area contributed by atoms with Gasteiger partial charge in [0.25, 0.3) is 0 Å². The number of nitrogens with two attached hydrogens (primary N) is 1. The molecule has 2 aromatic carbocycles. The van der Waals surface area contributed by atoms with Gasteiger partial charge in [-0.3, -0.25) is 4.79 Å². The Morgan fingerprint density at radius 3 is 2.27 bits per heavy atom. The summed E-state index contributed by atoms with van der Waals surface area (Å²) in [5.74, 6) is -0.347. The van der Waals surface area contributed by atoms with E-state index in [9.17, 15) is 4.79 Å². The molecule has 3 heteroatoms. The van der Waals surface area contributed by atoms with Crippen LogP contribution >= 0.6 is 0 Å². The van der Waals surface area contributed by atoms with Crippen LogP contribution in [-0.2, 0) is 16.0 Å². The highest BCUT2D eigenvalue weighted by atomic mass is 16.5. The fraction of sp³-hybridized carbons (Fsp3) is 0.316. The molecule has 0 fully saturated rings. The number of carbonyl (C=O) groups excluding carboxylic acids is 1. The van der Waals surface area contributed by atoms with E-state index in [1.54, 1.807) is 6.92 Å². The molecule has 0 saturated heterocycles. The lowest BCUT2D eigenvalue weighted by Gasteiger charge is -2.11. The fourth-order valence-electron chi connectivity index (χ4n) is 2.34. The zero-order valence-corrected chi connectivity index (χ0v) is 13.4. The van der Waals surface area contributed by atoms with Crippen molar-refractivity contribution >= 4 is 5.97 Å². The quantitative estimate of drug-likeness (QED) is 0.861. The van der Waals surface area contributed by atoms with E-state index in [0.29, 0.717) is 13.0 Å². The zero-order chi connectivity index (χ0) is 16.1. The van der Waals surface area contributed by atoms with Gasteiger partial charge in [-0.1, -0.05) is 42.5 Å². The second kappa shape index (κ2) is 7.23. The predicted molar refractivity (Wildman–Crippen MR) is 89.7 cm³/mol. The van der Waals surface area contributed by atoms with Gasteiger partial charge in [-0.15, -0.1) is 0 Å². The Labute approximate surface area is 132 Å². The molecule has 0 aromatic heterocycles. The molecule has 0 aliphatic carbocycles. The maximum absolute atomic E-state index is 11.6. The molecule has 0 heterocycles. The van der Waals surface area contributed by atoms with Crippen molar-refractivity contribution < 1.29 is 9.53 Å². The van der Waals surface area contributed by atoms with Crippen molar-refractivity contribution in [2.45, 2.75) is 33.2 Å². The third-order valence-electron chi connectivity index (χ3n) is 3.84. The van der Waals surface area contributed by atoms with Gasteiger partial charge in [0.1, 0.15) is 6.04 Å². The molecule has 0 bridgehead atoms. The first-order valence-corrected chi connectivity index (χ1v) is 7.60. The number of esters is 1. The Morgan fingerprint density at radius 2 is 1.68 bits per heavy atom. The summed E-state index contributed by atoms with van der Waals surface area (Å²) in [6.07, 6.45) is 0.492. The molecule has 0 spiro atoms. The number of hydrogen-bond donors (Lipinski definition) is 1. The first kappa shape index (κ1) is 16.2. The minimum Gasteiger partial charge on any atom is -0.465 e. The van der Waals surface area contributed by atoms with Gasteiger partial charge >= 0.3 is 5.97 Å². The molecule has 22 heavy (non-hydrogen) atoms. The smallest absolute Gasteiger partial charge is 0.323 e. The summed E-state index contributed by atoms with van der Waals surface area (Å²) in [6, 6.07) is 14.0. The third-order valence-corrected chi connectivity index (χ3v) is 3.84. The van der Waals surface area contributed by atoms with Crippen LogP contribution in [0, 0.1) is 13.8 Å². The number of hydrogen-bond acceptors (Lipinski definition) is 3. The van der Waals surface area contributed by atoms with Crippen LogP contribution < -0.4 is 5.73 Å². The molecule has 2 rings (SSSR count). The number of rotatable bonds is 5. The summed E-state index contributed by atoms with van der Waals surface area (Å²) in [5, 5.41) is 0. The van der Waals surface area contributed by atoms with Gasteiger partial charge in [-0.2, -0.15) is 0 Å². The van der Waals surface area contributed by atoms with Crippen LogP contribution in [-0.4, -0.2) is 18.6 Å². The van der Waals surface area contributed by atoms with E-state index in [1.165, 1.54) is 16.7 Å². The van der Waals surface area contributed by atoms with Gasteiger partial charge < -0.3 is 10.5 Å². The van der Waals surface area contributed by atoms with Gasteiger partial charge in [0, 0.05) is 0 Å². The maximum Gasteiger partial charge on any atom is 0.323 e. The normalized spacial score (nSPS) is 12.0. The van der Waals surface area contributed by atoms with Gasteiger partial charge in [0.2, 0.25) is 0 Å². The van der Waals surface area contributed by atoms with E-state index in [0.717, 1.165) is 11.1 Å². The van der Waals surface area contributed by atoms with E-state index in [2.05, 4.69) is 44.2 Å². The second-order valence-corrected chi connectivity index (χ2v) is 5.56. The maximum atomic E-state index is 11.6. The van der Waals surface area contributed by atoms with Crippen molar-refractivity contribution in [2.75, 3.05) is 6.61 Å². The standard InChI is InChI=1S/C19H23NO2/c1-4-22-19(21)18(20)12-15-6-9-16(10-7-15)17-8-5-13(2)14(3)11-17/h5-11,18H,4,12,20H2,1-3H3. The molecule has 1 unspecified atom stereocenters. The Morgan fingerprint density at radius 1 is 1.05 bits per heavy atom. The predicted octanol–water partition coefficient (Wildman–Crippen LogP) is 3.40. The Kier molecular flexibility index (Phi) is 5.34. The minimum absolute atomic E-state index is 0.347. The topological polar surface area (TPSA) is 52.3 Å². The van der Waals surface area contributed by atoms with Gasteiger partial charge in [-0.25, -0.2) is 0 Å². The molecule has 116 valence electrons. The van der Waals surface area contributed by atoms with Crippen LogP contribution in [0.5, 0.6) is 0 Å². The molecular weight excluding hydrogens is 274 g/mol. The largest absolute Gasteiger partial charge is 0.465 e. The number of benzene rings is 2. The lowest BCUT2D eigenvalue weighted by Crippen LogP contribution is -2.34. The molecule has 1 atom stereocenters. The SMILES string of the molecule is CCOC(=O)C(N)Cc1ccc(-c2ccc(C)c(C)c2)cc1. The van der Waals surface area contributed by atoms with Crippen LogP contribution in [0.1, 0.15) is 23.6 Å². The molecule has 2 N–H and O–H groups in total. The van der Waals surface area contributed by atoms with E-state index in [-0.39, 0.29) is 5.97 Å². The van der Waals surface area contributed by atoms with Crippen molar-refractivity contribution in [3.8, 4) is 11.1 Å². The monoisotopic (exact) mass is 297 g/mol. The van der Waals surface area contributed by atoms with Crippen LogP contribution in [0.4, 0.5) is 0 Å². The molecule has 0 amide bonds. The Balaban J connectivity index is 2.10. The summed E-state index contributed by atoms with van der Waals surface area (Å²) in [5.41, 5.74) is 11.8. The van der Waals surface area contributed by atoms with Crippen molar-refractivity contribution in [1.29, 1.82) is 0 Å². The van der Waals surface area contributed by atoms with Gasteiger partial charge in [0.15, 0.2) is 0 Å². The van der Waals surface area contributed by atoms with Crippen LogP contribution in [0.25, 0.3) is 11.1 Å². The van der Waals surface area contributed by atoms with Gasteiger partial charge in [-0.05, 0) is 55.0 Å². The Hall–Kier alpha value is -2.13. The molecule has 0 radical (unpaired) electrons. The average molecular weight is 297 g/mol.